The number of methoxy groups -OCH3 is 1. The van der Waals surface area contributed by atoms with Gasteiger partial charge in [0.15, 0.2) is 17.3 Å². The van der Waals surface area contributed by atoms with Crippen LogP contribution in [0.25, 0.3) is 6.08 Å². The second-order valence-electron chi connectivity index (χ2n) is 5.77. The topological polar surface area (TPSA) is 35.5 Å². The third-order valence-electron chi connectivity index (χ3n) is 3.80. The molecule has 3 nitrogen and oxygen atoms in total. The highest BCUT2D eigenvalue weighted by Gasteiger charge is 2.22. The maximum Gasteiger partial charge on any atom is 0.175 e. The molecule has 5 heteroatoms. The van der Waals surface area contributed by atoms with Gasteiger partial charge in [-0.1, -0.05) is 59.9 Å². The van der Waals surface area contributed by atoms with E-state index < -0.39 is 0 Å². The molecule has 128 valence electrons. The summed E-state index contributed by atoms with van der Waals surface area (Å²) in [5, 5.41) is 0. The Morgan fingerprint density at radius 1 is 1.16 bits per heavy atom. The first kappa shape index (κ1) is 17.7. The lowest BCUT2D eigenvalue weighted by atomic mass is 10.1. The van der Waals surface area contributed by atoms with Gasteiger partial charge in [-0.15, -0.1) is 0 Å². The van der Waals surface area contributed by atoms with Crippen molar-refractivity contribution in [1.29, 1.82) is 0 Å². The zero-order valence-corrected chi connectivity index (χ0v) is 15.7. The summed E-state index contributed by atoms with van der Waals surface area (Å²) in [6.07, 6.45) is 2.19. The number of ketones is 1. The number of benzene rings is 2. The van der Waals surface area contributed by atoms with Crippen LogP contribution in [0.4, 0.5) is 0 Å². The number of carbonyl (C=O) groups excluding carboxylic acids is 1. The Morgan fingerprint density at radius 2 is 1.92 bits per heavy atom. The zero-order valence-electron chi connectivity index (χ0n) is 14.1. The van der Waals surface area contributed by atoms with Crippen LogP contribution >= 0.6 is 24.0 Å². The molecule has 0 aromatic heterocycles. The van der Waals surface area contributed by atoms with Gasteiger partial charge in [0.1, 0.15) is 6.61 Å². The van der Waals surface area contributed by atoms with Crippen molar-refractivity contribution in [2.45, 2.75) is 20.0 Å². The molecule has 1 saturated heterocycles. The van der Waals surface area contributed by atoms with E-state index in [9.17, 15) is 4.79 Å². The van der Waals surface area contributed by atoms with Crippen LogP contribution in [-0.4, -0.2) is 17.1 Å². The highest BCUT2D eigenvalue weighted by atomic mass is 32.2. The van der Waals surface area contributed by atoms with Crippen molar-refractivity contribution >= 4 is 40.0 Å². The first-order valence-electron chi connectivity index (χ1n) is 7.87. The fourth-order valence-electron chi connectivity index (χ4n) is 2.43. The van der Waals surface area contributed by atoms with Gasteiger partial charge in [-0.05, 0) is 36.3 Å². The summed E-state index contributed by atoms with van der Waals surface area (Å²) >= 11 is 6.47. The van der Waals surface area contributed by atoms with Crippen molar-refractivity contribution in [1.82, 2.24) is 0 Å². The van der Waals surface area contributed by atoms with E-state index in [0.29, 0.717) is 29.4 Å². The average Bonchev–Trinajstić information content (AvgIpc) is 2.92. The monoisotopic (exact) mass is 370 g/mol. The molecule has 3 rings (SSSR count). The van der Waals surface area contributed by atoms with Crippen molar-refractivity contribution in [3.63, 3.8) is 0 Å². The van der Waals surface area contributed by atoms with Crippen LogP contribution in [0.5, 0.6) is 11.5 Å². The molecule has 1 heterocycles. The Labute approximate surface area is 157 Å². The molecule has 0 bridgehead atoms. The van der Waals surface area contributed by atoms with Crippen molar-refractivity contribution in [3.05, 3.63) is 64.1 Å². The molecule has 0 unspecified atom stereocenters. The number of Topliss-reactive ketones (excluding diaryl/α,β-unsaturated/α-hetero) is 1. The van der Waals surface area contributed by atoms with Crippen LogP contribution in [0.3, 0.4) is 0 Å². The molecule has 0 saturated carbocycles. The van der Waals surface area contributed by atoms with E-state index in [-0.39, 0.29) is 5.78 Å². The van der Waals surface area contributed by atoms with Gasteiger partial charge in [0.2, 0.25) is 0 Å². The Kier molecular flexibility index (Phi) is 5.56. The van der Waals surface area contributed by atoms with E-state index in [1.165, 1.54) is 17.3 Å². The molecule has 1 aliphatic heterocycles. The number of hydrogen-bond acceptors (Lipinski definition) is 5. The molecule has 1 aliphatic rings. The molecule has 2 aromatic rings. The molecule has 0 atom stereocenters. The van der Waals surface area contributed by atoms with Gasteiger partial charge in [-0.25, -0.2) is 0 Å². The van der Waals surface area contributed by atoms with Crippen LogP contribution in [-0.2, 0) is 11.4 Å². The molecule has 2 aromatic carbocycles. The average molecular weight is 370 g/mol. The lowest BCUT2D eigenvalue weighted by Gasteiger charge is -2.12. The molecular weight excluding hydrogens is 352 g/mol. The maximum atomic E-state index is 11.9. The Hall–Kier alpha value is -2.11. The molecule has 0 amide bonds. The molecule has 0 aliphatic carbocycles. The lowest BCUT2D eigenvalue weighted by molar-refractivity contribution is -0.113. The smallest absolute Gasteiger partial charge is 0.175 e. The number of rotatable bonds is 5. The molecule has 0 radical (unpaired) electrons. The lowest BCUT2D eigenvalue weighted by Crippen LogP contribution is -1.98. The van der Waals surface area contributed by atoms with Gasteiger partial charge in [0.25, 0.3) is 0 Å². The minimum atomic E-state index is 0.0775. The quantitative estimate of drug-likeness (QED) is 0.549. The number of aryl methyl sites for hydroxylation is 1. The molecular formula is C20H18O3S2. The molecule has 0 spiro atoms. The Bertz CT molecular complexity index is 839. The Morgan fingerprint density at radius 3 is 2.56 bits per heavy atom. The largest absolute Gasteiger partial charge is 0.493 e. The third kappa shape index (κ3) is 4.50. The van der Waals surface area contributed by atoms with Gasteiger partial charge < -0.3 is 9.47 Å². The number of thioether (sulfide) groups is 1. The van der Waals surface area contributed by atoms with Gasteiger partial charge in [-0.3, -0.25) is 4.79 Å². The number of thiocarbonyl (C=S) groups is 1. The molecule has 25 heavy (non-hydrogen) atoms. The summed E-state index contributed by atoms with van der Waals surface area (Å²) in [4.78, 5) is 12.5. The predicted molar refractivity (Wildman–Crippen MR) is 106 cm³/mol. The highest BCUT2D eigenvalue weighted by Crippen LogP contribution is 2.34. The predicted octanol–water partition coefficient (Wildman–Crippen LogP) is 4.96. The summed E-state index contributed by atoms with van der Waals surface area (Å²) in [7, 11) is 1.61. The van der Waals surface area contributed by atoms with Gasteiger partial charge in [0.05, 0.1) is 22.6 Å². The first-order valence-corrected chi connectivity index (χ1v) is 9.09. The van der Waals surface area contributed by atoms with Crippen LogP contribution in [0.2, 0.25) is 0 Å². The third-order valence-corrected chi connectivity index (χ3v) is 5.14. The molecule has 1 fully saturated rings. The van der Waals surface area contributed by atoms with E-state index in [2.05, 4.69) is 19.1 Å². The summed E-state index contributed by atoms with van der Waals surface area (Å²) in [6, 6.07) is 13.9. The van der Waals surface area contributed by atoms with Crippen LogP contribution in [0, 0.1) is 6.92 Å². The fraction of sp³-hybridized carbons (Fsp3) is 0.200. The van der Waals surface area contributed by atoms with Crippen LogP contribution in [0.1, 0.15) is 23.1 Å². The van der Waals surface area contributed by atoms with Crippen molar-refractivity contribution in [2.75, 3.05) is 7.11 Å². The summed E-state index contributed by atoms with van der Waals surface area (Å²) in [6.45, 7) is 2.53. The summed E-state index contributed by atoms with van der Waals surface area (Å²) in [5.41, 5.74) is 3.21. The minimum absolute atomic E-state index is 0.0775. The molecule has 0 N–H and O–H groups in total. The summed E-state index contributed by atoms with van der Waals surface area (Å²) < 4.78 is 12.0. The standard InChI is InChI=1S/C20H18O3S2/c1-13-3-5-14(6-4-13)12-23-17-8-7-15(9-18(17)22-2)10-19-16(21)11-20(24)25-19/h3-10H,11-12H2,1-2H3/b19-10+. The van der Waals surface area contributed by atoms with E-state index >= 15 is 0 Å². The van der Waals surface area contributed by atoms with Crippen molar-refractivity contribution < 1.29 is 14.3 Å². The Balaban J connectivity index is 1.75. The van der Waals surface area contributed by atoms with Gasteiger partial charge in [0, 0.05) is 0 Å². The second-order valence-corrected chi connectivity index (χ2v) is 7.66. The van der Waals surface area contributed by atoms with Crippen LogP contribution < -0.4 is 9.47 Å². The number of hydrogen-bond donors (Lipinski definition) is 0. The first-order chi connectivity index (χ1) is 12.0. The summed E-state index contributed by atoms with van der Waals surface area (Å²) in [5.74, 6) is 1.39. The normalized spacial score (nSPS) is 15.7. The number of ether oxygens (including phenoxy) is 2. The van der Waals surface area contributed by atoms with Crippen molar-refractivity contribution in [2.24, 2.45) is 0 Å². The SMILES string of the molecule is COc1cc(/C=C2/SC(=S)CC2=O)ccc1OCc1ccc(C)cc1. The van der Waals surface area contributed by atoms with E-state index in [0.717, 1.165) is 15.3 Å². The minimum Gasteiger partial charge on any atom is -0.493 e. The number of allylic oxidation sites excluding steroid dienone is 1. The van der Waals surface area contributed by atoms with Gasteiger partial charge in [-0.2, -0.15) is 0 Å². The van der Waals surface area contributed by atoms with E-state index in [1.54, 1.807) is 7.11 Å². The van der Waals surface area contributed by atoms with Crippen LogP contribution in [0.15, 0.2) is 47.4 Å². The van der Waals surface area contributed by atoms with Gasteiger partial charge >= 0.3 is 0 Å². The maximum absolute atomic E-state index is 11.9. The fourth-order valence-corrected chi connectivity index (χ4v) is 3.66. The second kappa shape index (κ2) is 7.85. The zero-order chi connectivity index (χ0) is 17.8. The highest BCUT2D eigenvalue weighted by molar-refractivity contribution is 8.27. The van der Waals surface area contributed by atoms with E-state index in [4.69, 9.17) is 21.7 Å². The number of carbonyl (C=O) groups is 1. The van der Waals surface area contributed by atoms with E-state index in [1.807, 2.05) is 36.4 Å². The van der Waals surface area contributed by atoms with Crippen molar-refractivity contribution in [3.8, 4) is 11.5 Å².